The summed E-state index contributed by atoms with van der Waals surface area (Å²) in [6.07, 6.45) is 3.58. The van der Waals surface area contributed by atoms with Crippen molar-refractivity contribution in [2.45, 2.75) is 32.6 Å². The summed E-state index contributed by atoms with van der Waals surface area (Å²) in [5.74, 6) is -0.0126. The molecule has 1 aromatic carbocycles. The smallest absolute Gasteiger partial charge is 0.409 e. The highest BCUT2D eigenvalue weighted by atomic mass is 16.6. The van der Waals surface area contributed by atoms with Gasteiger partial charge in [-0.1, -0.05) is 0 Å². The van der Waals surface area contributed by atoms with Crippen LogP contribution in [0.3, 0.4) is 0 Å². The fraction of sp³-hybridized carbons (Fsp3) is 0.579. The highest BCUT2D eigenvalue weighted by molar-refractivity contribution is 5.92. The standard InChI is InChI=1S/C19H27N3O3/c1-2-25-19(24)22-13-9-15(10-14-22)18(23)20-16-5-7-17(8-6-16)21-11-3-4-12-21/h5-8,15H,2-4,9-14H2,1H3,(H,20,23). The highest BCUT2D eigenvalue weighted by Gasteiger charge is 2.28. The van der Waals surface area contributed by atoms with Gasteiger partial charge in [0.25, 0.3) is 0 Å². The summed E-state index contributed by atoms with van der Waals surface area (Å²) in [6.45, 7) is 5.56. The van der Waals surface area contributed by atoms with Gasteiger partial charge >= 0.3 is 6.09 Å². The zero-order chi connectivity index (χ0) is 17.6. The molecule has 3 rings (SSSR count). The largest absolute Gasteiger partial charge is 0.450 e. The number of carbonyl (C=O) groups excluding carboxylic acids is 2. The monoisotopic (exact) mass is 345 g/mol. The molecule has 1 aromatic rings. The first-order valence-electron chi connectivity index (χ1n) is 9.25. The maximum Gasteiger partial charge on any atom is 0.409 e. The van der Waals surface area contributed by atoms with E-state index >= 15 is 0 Å². The lowest BCUT2D eigenvalue weighted by Crippen LogP contribution is -2.41. The summed E-state index contributed by atoms with van der Waals surface area (Å²) < 4.78 is 5.01. The first kappa shape index (κ1) is 17.6. The molecule has 6 nitrogen and oxygen atoms in total. The van der Waals surface area contributed by atoms with Gasteiger partial charge in [-0.2, -0.15) is 0 Å². The molecule has 2 fully saturated rings. The second kappa shape index (κ2) is 8.23. The predicted octanol–water partition coefficient (Wildman–Crippen LogP) is 3.09. The summed E-state index contributed by atoms with van der Waals surface area (Å²) in [5.41, 5.74) is 2.05. The molecule has 136 valence electrons. The molecule has 0 atom stereocenters. The van der Waals surface area contributed by atoms with E-state index < -0.39 is 0 Å². The van der Waals surface area contributed by atoms with Gasteiger partial charge in [0.1, 0.15) is 0 Å². The second-order valence-corrected chi connectivity index (χ2v) is 6.69. The van der Waals surface area contributed by atoms with Crippen LogP contribution in [-0.2, 0) is 9.53 Å². The first-order chi connectivity index (χ1) is 12.2. The van der Waals surface area contributed by atoms with Crippen molar-refractivity contribution in [1.82, 2.24) is 4.90 Å². The zero-order valence-electron chi connectivity index (χ0n) is 14.9. The van der Waals surface area contributed by atoms with E-state index in [0.717, 1.165) is 18.8 Å². The van der Waals surface area contributed by atoms with E-state index in [0.29, 0.717) is 32.5 Å². The van der Waals surface area contributed by atoms with Gasteiger partial charge in [0.05, 0.1) is 6.61 Å². The van der Waals surface area contributed by atoms with E-state index in [1.165, 1.54) is 18.5 Å². The van der Waals surface area contributed by atoms with Gasteiger partial charge in [0, 0.05) is 43.5 Å². The molecule has 2 heterocycles. The van der Waals surface area contributed by atoms with Gasteiger partial charge in [-0.25, -0.2) is 4.79 Å². The Labute approximate surface area is 149 Å². The van der Waals surface area contributed by atoms with Gasteiger partial charge in [0.2, 0.25) is 5.91 Å². The Hall–Kier alpha value is -2.24. The molecule has 0 unspecified atom stereocenters. The number of nitrogens with one attached hydrogen (secondary N) is 1. The minimum Gasteiger partial charge on any atom is -0.450 e. The van der Waals surface area contributed by atoms with Crippen molar-refractivity contribution < 1.29 is 14.3 Å². The number of likely N-dealkylation sites (tertiary alicyclic amines) is 1. The van der Waals surface area contributed by atoms with E-state index in [9.17, 15) is 9.59 Å². The minimum atomic E-state index is -0.279. The summed E-state index contributed by atoms with van der Waals surface area (Å²) in [7, 11) is 0. The Morgan fingerprint density at radius 2 is 1.72 bits per heavy atom. The Balaban J connectivity index is 1.48. The van der Waals surface area contributed by atoms with Crippen molar-refractivity contribution in [3.63, 3.8) is 0 Å². The SMILES string of the molecule is CCOC(=O)N1CCC(C(=O)Nc2ccc(N3CCCC3)cc2)CC1. The summed E-state index contributed by atoms with van der Waals surface area (Å²) >= 11 is 0. The van der Waals surface area contributed by atoms with Crippen LogP contribution in [-0.4, -0.2) is 49.7 Å². The van der Waals surface area contributed by atoms with Crippen LogP contribution in [0.2, 0.25) is 0 Å². The Bertz CT molecular complexity index is 588. The molecule has 2 aliphatic rings. The predicted molar refractivity (Wildman–Crippen MR) is 97.8 cm³/mol. The lowest BCUT2D eigenvalue weighted by atomic mass is 9.96. The number of ether oxygens (including phenoxy) is 1. The number of hydrogen-bond donors (Lipinski definition) is 1. The molecule has 0 aliphatic carbocycles. The Morgan fingerprint density at radius 1 is 1.08 bits per heavy atom. The first-order valence-corrected chi connectivity index (χ1v) is 9.25. The van der Waals surface area contributed by atoms with Gasteiger partial charge in [-0.05, 0) is 56.9 Å². The normalized spacial score (nSPS) is 18.3. The molecule has 1 N–H and O–H groups in total. The third kappa shape index (κ3) is 4.44. The van der Waals surface area contributed by atoms with Crippen LogP contribution < -0.4 is 10.2 Å². The Morgan fingerprint density at radius 3 is 2.32 bits per heavy atom. The van der Waals surface area contributed by atoms with Crippen molar-refractivity contribution in [2.75, 3.05) is 43.0 Å². The van der Waals surface area contributed by atoms with E-state index in [4.69, 9.17) is 4.74 Å². The van der Waals surface area contributed by atoms with E-state index in [2.05, 4.69) is 22.3 Å². The Kier molecular flexibility index (Phi) is 5.79. The van der Waals surface area contributed by atoms with E-state index in [1.54, 1.807) is 11.8 Å². The number of anilines is 2. The third-order valence-electron chi connectivity index (χ3n) is 5.00. The zero-order valence-corrected chi connectivity index (χ0v) is 14.9. The van der Waals surface area contributed by atoms with Crippen molar-refractivity contribution >= 4 is 23.4 Å². The van der Waals surface area contributed by atoms with E-state index in [1.807, 2.05) is 12.1 Å². The van der Waals surface area contributed by atoms with Crippen LogP contribution >= 0.6 is 0 Å². The van der Waals surface area contributed by atoms with Crippen LogP contribution in [0.5, 0.6) is 0 Å². The van der Waals surface area contributed by atoms with Crippen molar-refractivity contribution in [3.8, 4) is 0 Å². The number of benzene rings is 1. The number of piperidine rings is 1. The maximum absolute atomic E-state index is 12.5. The molecule has 0 spiro atoms. The van der Waals surface area contributed by atoms with Crippen LogP contribution in [0.1, 0.15) is 32.6 Å². The average Bonchev–Trinajstić information content (AvgIpc) is 3.17. The molecule has 25 heavy (non-hydrogen) atoms. The molecule has 6 heteroatoms. The summed E-state index contributed by atoms with van der Waals surface area (Å²) in [5, 5.41) is 3.01. The minimum absolute atomic E-state index is 0.0393. The molecular formula is C19H27N3O3. The number of hydrogen-bond acceptors (Lipinski definition) is 4. The molecule has 2 aliphatic heterocycles. The molecule has 0 aromatic heterocycles. The van der Waals surface area contributed by atoms with Crippen molar-refractivity contribution in [3.05, 3.63) is 24.3 Å². The molecule has 2 saturated heterocycles. The quantitative estimate of drug-likeness (QED) is 0.911. The second-order valence-electron chi connectivity index (χ2n) is 6.69. The molecule has 0 radical (unpaired) electrons. The van der Waals surface area contributed by atoms with Gasteiger partial charge in [-0.3, -0.25) is 4.79 Å². The van der Waals surface area contributed by atoms with Crippen LogP contribution in [0.25, 0.3) is 0 Å². The maximum atomic E-state index is 12.5. The van der Waals surface area contributed by atoms with Gasteiger partial charge < -0.3 is 19.9 Å². The van der Waals surface area contributed by atoms with Gasteiger partial charge in [-0.15, -0.1) is 0 Å². The summed E-state index contributed by atoms with van der Waals surface area (Å²) in [6, 6.07) is 8.09. The topological polar surface area (TPSA) is 61.9 Å². The van der Waals surface area contributed by atoms with Crippen LogP contribution in [0.15, 0.2) is 24.3 Å². The third-order valence-corrected chi connectivity index (χ3v) is 5.00. The van der Waals surface area contributed by atoms with Gasteiger partial charge in [0.15, 0.2) is 0 Å². The molecular weight excluding hydrogens is 318 g/mol. The highest BCUT2D eigenvalue weighted by Crippen LogP contribution is 2.24. The van der Waals surface area contributed by atoms with Crippen LogP contribution in [0.4, 0.5) is 16.2 Å². The molecule has 0 saturated carbocycles. The fourth-order valence-electron chi connectivity index (χ4n) is 3.51. The molecule has 2 amide bonds. The number of carbonyl (C=O) groups is 2. The average molecular weight is 345 g/mol. The number of nitrogens with zero attached hydrogens (tertiary/aromatic N) is 2. The fourth-order valence-corrected chi connectivity index (χ4v) is 3.51. The van der Waals surface area contributed by atoms with E-state index in [-0.39, 0.29) is 17.9 Å². The van der Waals surface area contributed by atoms with Crippen molar-refractivity contribution in [1.29, 1.82) is 0 Å². The number of amides is 2. The van der Waals surface area contributed by atoms with Crippen molar-refractivity contribution in [2.24, 2.45) is 5.92 Å². The molecule has 0 bridgehead atoms. The van der Waals surface area contributed by atoms with Crippen LogP contribution in [0, 0.1) is 5.92 Å². The lowest BCUT2D eigenvalue weighted by molar-refractivity contribution is -0.121. The summed E-state index contributed by atoms with van der Waals surface area (Å²) in [4.78, 5) is 28.2. The number of rotatable bonds is 4. The lowest BCUT2D eigenvalue weighted by Gasteiger charge is -2.30.